The van der Waals surface area contributed by atoms with Crippen molar-refractivity contribution in [1.29, 1.82) is 0 Å². The number of aromatic nitrogens is 4. The van der Waals surface area contributed by atoms with E-state index in [0.29, 0.717) is 10.8 Å². The summed E-state index contributed by atoms with van der Waals surface area (Å²) in [6, 6.07) is 9.30. The quantitative estimate of drug-likeness (QED) is 0.411. The molecule has 0 unspecified atom stereocenters. The maximum atomic E-state index is 13.2. The first-order chi connectivity index (χ1) is 16.4. The van der Waals surface area contributed by atoms with E-state index in [1.807, 2.05) is 18.2 Å². The highest BCUT2D eigenvalue weighted by Gasteiger charge is 2.26. The smallest absolute Gasteiger partial charge is 0.247 e. The minimum Gasteiger partial charge on any atom is -0.353 e. The van der Waals surface area contributed by atoms with Gasteiger partial charge >= 0.3 is 0 Å². The van der Waals surface area contributed by atoms with Crippen molar-refractivity contribution in [2.75, 3.05) is 50.1 Å². The molecule has 0 aromatic carbocycles. The van der Waals surface area contributed by atoms with Crippen molar-refractivity contribution in [3.63, 3.8) is 0 Å². The molecule has 5 rings (SSSR count). The Morgan fingerprint density at radius 1 is 0.941 bits per heavy atom. The van der Waals surface area contributed by atoms with Crippen molar-refractivity contribution in [3.8, 4) is 5.13 Å². The Labute approximate surface area is 200 Å². The monoisotopic (exact) mass is 497 g/mol. The molecule has 4 aromatic rings. The Kier molecular flexibility index (Phi) is 5.80. The molecular formula is C22H23N7O3S2. The predicted molar refractivity (Wildman–Crippen MR) is 133 cm³/mol. The number of nitrogens with zero attached hydrogens (tertiary/aromatic N) is 7. The highest BCUT2D eigenvalue weighted by molar-refractivity contribution is 7.89. The van der Waals surface area contributed by atoms with Crippen LogP contribution in [0.5, 0.6) is 0 Å². The lowest BCUT2D eigenvalue weighted by Crippen LogP contribution is -2.47. The van der Waals surface area contributed by atoms with Gasteiger partial charge in [0.05, 0.1) is 5.39 Å². The number of pyridine rings is 3. The molecule has 12 heteroatoms. The van der Waals surface area contributed by atoms with Gasteiger partial charge in [-0.1, -0.05) is 6.07 Å². The second-order valence-electron chi connectivity index (χ2n) is 8.00. The Hall–Kier alpha value is -3.35. The third-order valence-electron chi connectivity index (χ3n) is 5.76. The molecule has 176 valence electrons. The second-order valence-corrected chi connectivity index (χ2v) is 11.0. The van der Waals surface area contributed by atoms with E-state index < -0.39 is 15.5 Å². The SMILES string of the molecule is CN(C)S(=O)(=O)c1cn(-c2nccs2)c2nc(N3CCN(c4ccccn4)CC3)ccc2c1=O. The van der Waals surface area contributed by atoms with Crippen LogP contribution in [0.25, 0.3) is 16.2 Å². The highest BCUT2D eigenvalue weighted by Crippen LogP contribution is 2.24. The Morgan fingerprint density at radius 3 is 2.29 bits per heavy atom. The van der Waals surface area contributed by atoms with E-state index in [9.17, 15) is 13.2 Å². The van der Waals surface area contributed by atoms with Crippen LogP contribution in [0.3, 0.4) is 0 Å². The molecule has 0 radical (unpaired) electrons. The molecule has 0 aliphatic carbocycles. The number of anilines is 2. The fraction of sp³-hybridized carbons (Fsp3) is 0.273. The van der Waals surface area contributed by atoms with Crippen LogP contribution in [0.15, 0.2) is 64.0 Å². The lowest BCUT2D eigenvalue weighted by Gasteiger charge is -2.36. The molecule has 0 bridgehead atoms. The molecule has 0 amide bonds. The third kappa shape index (κ3) is 3.93. The number of piperazine rings is 1. The Morgan fingerprint density at radius 2 is 1.68 bits per heavy atom. The summed E-state index contributed by atoms with van der Waals surface area (Å²) >= 11 is 1.34. The van der Waals surface area contributed by atoms with Crippen LogP contribution < -0.4 is 15.2 Å². The van der Waals surface area contributed by atoms with Crippen LogP contribution in [0, 0.1) is 0 Å². The molecule has 34 heavy (non-hydrogen) atoms. The van der Waals surface area contributed by atoms with Crippen LogP contribution in [-0.4, -0.2) is 72.5 Å². The molecule has 1 aliphatic heterocycles. The Balaban J connectivity index is 1.56. The zero-order valence-electron chi connectivity index (χ0n) is 18.7. The van der Waals surface area contributed by atoms with Gasteiger partial charge in [0.2, 0.25) is 15.5 Å². The highest BCUT2D eigenvalue weighted by atomic mass is 32.2. The summed E-state index contributed by atoms with van der Waals surface area (Å²) in [6.45, 7) is 3.05. The largest absolute Gasteiger partial charge is 0.353 e. The second kappa shape index (κ2) is 8.78. The van der Waals surface area contributed by atoms with E-state index in [1.54, 1.807) is 34.5 Å². The zero-order valence-corrected chi connectivity index (χ0v) is 20.3. The van der Waals surface area contributed by atoms with Gasteiger partial charge in [-0.3, -0.25) is 9.36 Å². The van der Waals surface area contributed by atoms with Crippen molar-refractivity contribution in [2.24, 2.45) is 0 Å². The number of thiazole rings is 1. The summed E-state index contributed by atoms with van der Waals surface area (Å²) in [4.78, 5) is 30.8. The van der Waals surface area contributed by atoms with E-state index in [-0.39, 0.29) is 10.3 Å². The molecule has 0 spiro atoms. The number of fused-ring (bicyclic) bond motifs is 1. The van der Waals surface area contributed by atoms with E-state index in [0.717, 1.165) is 42.1 Å². The molecule has 10 nitrogen and oxygen atoms in total. The maximum Gasteiger partial charge on any atom is 0.247 e. The van der Waals surface area contributed by atoms with Crippen molar-refractivity contribution >= 4 is 44.0 Å². The molecule has 1 fully saturated rings. The molecule has 5 heterocycles. The van der Waals surface area contributed by atoms with Crippen LogP contribution in [0.1, 0.15) is 0 Å². The van der Waals surface area contributed by atoms with Gasteiger partial charge in [0.15, 0.2) is 10.8 Å². The van der Waals surface area contributed by atoms with E-state index in [2.05, 4.69) is 19.8 Å². The average molecular weight is 498 g/mol. The minimum absolute atomic E-state index is 0.231. The number of rotatable bonds is 5. The molecule has 4 aromatic heterocycles. The van der Waals surface area contributed by atoms with Gasteiger partial charge in [-0.15, -0.1) is 11.3 Å². The van der Waals surface area contributed by atoms with Crippen molar-refractivity contribution in [2.45, 2.75) is 4.90 Å². The van der Waals surface area contributed by atoms with E-state index in [1.165, 1.54) is 31.6 Å². The van der Waals surface area contributed by atoms with Crippen molar-refractivity contribution in [1.82, 2.24) is 23.8 Å². The third-order valence-corrected chi connectivity index (χ3v) is 8.34. The topological polar surface area (TPSA) is 105 Å². The molecule has 1 saturated heterocycles. The zero-order chi connectivity index (χ0) is 23.9. The van der Waals surface area contributed by atoms with E-state index >= 15 is 0 Å². The summed E-state index contributed by atoms with van der Waals surface area (Å²) < 4.78 is 28.3. The van der Waals surface area contributed by atoms with Crippen molar-refractivity contribution in [3.05, 3.63) is 64.5 Å². The summed E-state index contributed by atoms with van der Waals surface area (Å²) in [5.74, 6) is 1.67. The number of hydrogen-bond donors (Lipinski definition) is 0. The first kappa shape index (κ1) is 22.4. The molecular weight excluding hydrogens is 474 g/mol. The fourth-order valence-electron chi connectivity index (χ4n) is 3.91. The molecule has 0 N–H and O–H groups in total. The van der Waals surface area contributed by atoms with Gasteiger partial charge < -0.3 is 9.80 Å². The summed E-state index contributed by atoms with van der Waals surface area (Å²) in [7, 11) is -1.15. The number of hydrogen-bond acceptors (Lipinski definition) is 9. The molecule has 1 aliphatic rings. The van der Waals surface area contributed by atoms with Crippen LogP contribution in [0.4, 0.5) is 11.6 Å². The van der Waals surface area contributed by atoms with Crippen LogP contribution >= 0.6 is 11.3 Å². The lowest BCUT2D eigenvalue weighted by atomic mass is 10.2. The maximum absolute atomic E-state index is 13.2. The van der Waals surface area contributed by atoms with Crippen LogP contribution in [-0.2, 0) is 10.0 Å². The van der Waals surface area contributed by atoms with Gasteiger partial charge in [0.1, 0.15) is 16.5 Å². The number of sulfonamides is 1. The lowest BCUT2D eigenvalue weighted by molar-refractivity contribution is 0.519. The Bertz CT molecular complexity index is 1480. The van der Waals surface area contributed by atoms with Crippen LogP contribution in [0.2, 0.25) is 0 Å². The predicted octanol–water partition coefficient (Wildman–Crippen LogP) is 1.81. The van der Waals surface area contributed by atoms with Gasteiger partial charge in [-0.2, -0.15) is 0 Å². The van der Waals surface area contributed by atoms with Gasteiger partial charge in [0, 0.05) is 64.2 Å². The molecule has 0 atom stereocenters. The van der Waals surface area contributed by atoms with Gasteiger partial charge in [-0.05, 0) is 24.3 Å². The summed E-state index contributed by atoms with van der Waals surface area (Å²) in [5.41, 5.74) is -0.196. The summed E-state index contributed by atoms with van der Waals surface area (Å²) in [5, 5.41) is 2.55. The minimum atomic E-state index is -3.95. The fourth-order valence-corrected chi connectivity index (χ4v) is 5.51. The molecule has 0 saturated carbocycles. The normalized spacial score (nSPS) is 14.8. The summed E-state index contributed by atoms with van der Waals surface area (Å²) in [6.07, 6.45) is 4.74. The first-order valence-electron chi connectivity index (χ1n) is 10.7. The van der Waals surface area contributed by atoms with Gasteiger partial charge in [-0.25, -0.2) is 27.7 Å². The van der Waals surface area contributed by atoms with Crippen molar-refractivity contribution < 1.29 is 8.42 Å². The first-order valence-corrected chi connectivity index (χ1v) is 13.0. The van der Waals surface area contributed by atoms with Gasteiger partial charge in [0.25, 0.3) is 0 Å². The average Bonchev–Trinajstić information content (AvgIpc) is 3.39. The van der Waals surface area contributed by atoms with E-state index in [4.69, 9.17) is 4.98 Å². The standard InChI is InChI=1S/C22H23N7O3S2/c1-26(2)34(31,32)17-15-29(22-24-9-14-33-22)21-16(20(17)30)6-7-19(25-21)28-12-10-27(11-13-28)18-5-3-4-8-23-18/h3-9,14-15H,10-13H2,1-2H3.